The van der Waals surface area contributed by atoms with Gasteiger partial charge in [0.25, 0.3) is 0 Å². The molecule has 0 aromatic heterocycles. The molecule has 2 aliphatic rings. The fraction of sp³-hybridized carbons (Fsp3) is 0.556. The first-order valence-electron chi connectivity index (χ1n) is 8.58. The highest BCUT2D eigenvalue weighted by atomic mass is 35.5. The van der Waals surface area contributed by atoms with Crippen molar-refractivity contribution in [2.75, 3.05) is 31.1 Å². The van der Waals surface area contributed by atoms with Crippen LogP contribution in [0.5, 0.6) is 0 Å². The summed E-state index contributed by atoms with van der Waals surface area (Å²) < 4.78 is 0. The second kappa shape index (κ2) is 7.43. The smallest absolute Gasteiger partial charge is 0.307 e. The van der Waals surface area contributed by atoms with Gasteiger partial charge in [-0.05, 0) is 37.1 Å². The summed E-state index contributed by atoms with van der Waals surface area (Å²) in [4.78, 5) is 28.3. The maximum absolute atomic E-state index is 12.8. The molecule has 1 saturated carbocycles. The van der Waals surface area contributed by atoms with Crippen molar-refractivity contribution >= 4 is 29.2 Å². The number of carboxylic acid groups (broad SMARTS) is 1. The zero-order valence-electron chi connectivity index (χ0n) is 13.7. The third-order valence-corrected chi connectivity index (χ3v) is 5.44. The van der Waals surface area contributed by atoms with Crippen molar-refractivity contribution in [3.63, 3.8) is 0 Å². The lowest BCUT2D eigenvalue weighted by Gasteiger charge is -2.39. The number of anilines is 1. The molecule has 1 N–H and O–H groups in total. The number of piperazine rings is 1. The molecule has 3 rings (SSSR count). The number of halogens is 1. The van der Waals surface area contributed by atoms with E-state index in [1.807, 2.05) is 29.2 Å². The molecule has 1 aromatic carbocycles. The monoisotopic (exact) mass is 350 g/mol. The van der Waals surface area contributed by atoms with Gasteiger partial charge in [0.15, 0.2) is 0 Å². The van der Waals surface area contributed by atoms with Crippen LogP contribution in [0.3, 0.4) is 0 Å². The number of carbonyl (C=O) groups is 2. The molecule has 1 heterocycles. The largest absolute Gasteiger partial charge is 0.481 e. The average molecular weight is 351 g/mol. The third-order valence-electron chi connectivity index (χ3n) is 5.18. The van der Waals surface area contributed by atoms with Crippen molar-refractivity contribution in [1.29, 1.82) is 0 Å². The molecule has 0 bridgehead atoms. The summed E-state index contributed by atoms with van der Waals surface area (Å²) in [6, 6.07) is 7.71. The van der Waals surface area contributed by atoms with Gasteiger partial charge in [0, 0.05) is 36.9 Å². The summed E-state index contributed by atoms with van der Waals surface area (Å²) in [6.45, 7) is 2.81. The topological polar surface area (TPSA) is 60.9 Å². The first-order chi connectivity index (χ1) is 11.6. The summed E-state index contributed by atoms with van der Waals surface area (Å²) in [5, 5.41) is 10.1. The fourth-order valence-electron chi connectivity index (χ4n) is 3.79. The third kappa shape index (κ3) is 3.66. The normalized spacial score (nSPS) is 24.7. The van der Waals surface area contributed by atoms with Crippen LogP contribution < -0.4 is 4.90 Å². The van der Waals surface area contributed by atoms with Gasteiger partial charge in [-0.3, -0.25) is 9.59 Å². The minimum Gasteiger partial charge on any atom is -0.481 e. The molecule has 0 radical (unpaired) electrons. The molecular weight excluding hydrogens is 328 g/mol. The Morgan fingerprint density at radius 2 is 1.54 bits per heavy atom. The number of rotatable bonds is 3. The fourth-order valence-corrected chi connectivity index (χ4v) is 3.92. The van der Waals surface area contributed by atoms with E-state index in [9.17, 15) is 14.7 Å². The molecule has 2 fully saturated rings. The minimum absolute atomic E-state index is 0.0258. The predicted octanol–water partition coefficient (Wildman–Crippen LogP) is 2.88. The Kier molecular flexibility index (Phi) is 5.29. The summed E-state index contributed by atoms with van der Waals surface area (Å²) in [6.07, 6.45) is 3.18. The Hall–Kier alpha value is -1.75. The van der Waals surface area contributed by atoms with Crippen LogP contribution in [0.15, 0.2) is 24.3 Å². The van der Waals surface area contributed by atoms with Crippen molar-refractivity contribution < 1.29 is 14.7 Å². The Labute approximate surface area is 147 Å². The van der Waals surface area contributed by atoms with E-state index in [1.54, 1.807) is 0 Å². The van der Waals surface area contributed by atoms with Gasteiger partial charge in [-0.1, -0.05) is 24.4 Å². The SMILES string of the molecule is O=C(O)[C@H]1CCCC[C@H]1C(=O)N1CCN(c2ccc(Cl)cc2)CC1. The van der Waals surface area contributed by atoms with Crippen molar-refractivity contribution in [3.8, 4) is 0 Å². The van der Waals surface area contributed by atoms with Crippen molar-refractivity contribution in [3.05, 3.63) is 29.3 Å². The second-order valence-electron chi connectivity index (χ2n) is 6.62. The molecule has 130 valence electrons. The summed E-state index contributed by atoms with van der Waals surface area (Å²) in [5.41, 5.74) is 1.10. The number of nitrogens with zero attached hydrogens (tertiary/aromatic N) is 2. The first kappa shape index (κ1) is 17.1. The molecule has 1 saturated heterocycles. The number of aliphatic carboxylic acids is 1. The van der Waals surface area contributed by atoms with Crippen LogP contribution in [0.1, 0.15) is 25.7 Å². The highest BCUT2D eigenvalue weighted by Crippen LogP contribution is 2.32. The van der Waals surface area contributed by atoms with Crippen LogP contribution in [0.25, 0.3) is 0 Å². The maximum atomic E-state index is 12.8. The van der Waals surface area contributed by atoms with E-state index in [0.29, 0.717) is 31.0 Å². The van der Waals surface area contributed by atoms with Crippen LogP contribution in [0, 0.1) is 11.8 Å². The van der Waals surface area contributed by atoms with Crippen molar-refractivity contribution in [2.24, 2.45) is 11.8 Å². The van der Waals surface area contributed by atoms with Crippen LogP contribution in [0.2, 0.25) is 5.02 Å². The Morgan fingerprint density at radius 3 is 2.12 bits per heavy atom. The molecule has 2 atom stereocenters. The Bertz CT molecular complexity index is 597. The number of benzene rings is 1. The van der Waals surface area contributed by atoms with E-state index >= 15 is 0 Å². The minimum atomic E-state index is -0.826. The lowest BCUT2D eigenvalue weighted by Crippen LogP contribution is -2.52. The molecule has 1 aromatic rings. The van der Waals surface area contributed by atoms with Gasteiger partial charge < -0.3 is 14.9 Å². The standard InChI is InChI=1S/C18H23ClN2O3/c19-13-5-7-14(8-6-13)20-9-11-21(12-10-20)17(22)15-3-1-2-4-16(15)18(23)24/h5-8,15-16H,1-4,9-12H2,(H,23,24)/t15-,16+/m1/s1. The van der Waals surface area contributed by atoms with Crippen LogP contribution in [-0.4, -0.2) is 48.1 Å². The highest BCUT2D eigenvalue weighted by Gasteiger charge is 2.38. The number of carbonyl (C=O) groups excluding carboxylic acids is 1. The molecule has 1 aliphatic heterocycles. The highest BCUT2D eigenvalue weighted by molar-refractivity contribution is 6.30. The molecular formula is C18H23ClN2O3. The van der Waals surface area contributed by atoms with Gasteiger partial charge in [0.1, 0.15) is 0 Å². The van der Waals surface area contributed by atoms with Crippen molar-refractivity contribution in [2.45, 2.75) is 25.7 Å². The molecule has 1 amide bonds. The number of hydrogen-bond donors (Lipinski definition) is 1. The van der Waals surface area contributed by atoms with Crippen LogP contribution in [-0.2, 0) is 9.59 Å². The van der Waals surface area contributed by atoms with E-state index in [4.69, 9.17) is 11.6 Å². The van der Waals surface area contributed by atoms with E-state index in [-0.39, 0.29) is 11.8 Å². The van der Waals surface area contributed by atoms with Gasteiger partial charge in [-0.15, -0.1) is 0 Å². The molecule has 1 aliphatic carbocycles. The van der Waals surface area contributed by atoms with E-state index in [1.165, 1.54) is 0 Å². The lowest BCUT2D eigenvalue weighted by molar-refractivity contribution is -0.152. The predicted molar refractivity (Wildman–Crippen MR) is 93.3 cm³/mol. The summed E-state index contributed by atoms with van der Waals surface area (Å²) >= 11 is 5.92. The lowest BCUT2D eigenvalue weighted by atomic mass is 9.78. The van der Waals surface area contributed by atoms with Gasteiger partial charge in [-0.2, -0.15) is 0 Å². The van der Waals surface area contributed by atoms with E-state index in [2.05, 4.69) is 4.90 Å². The quantitative estimate of drug-likeness (QED) is 0.910. The van der Waals surface area contributed by atoms with E-state index < -0.39 is 11.9 Å². The zero-order chi connectivity index (χ0) is 17.1. The van der Waals surface area contributed by atoms with Crippen LogP contribution in [0.4, 0.5) is 5.69 Å². The summed E-state index contributed by atoms with van der Waals surface area (Å²) in [5.74, 6) is -1.66. The molecule has 6 heteroatoms. The van der Waals surface area contributed by atoms with Crippen molar-refractivity contribution in [1.82, 2.24) is 4.90 Å². The first-order valence-corrected chi connectivity index (χ1v) is 8.96. The molecule has 0 unspecified atom stereocenters. The van der Waals surface area contributed by atoms with Crippen LogP contribution >= 0.6 is 11.6 Å². The Morgan fingerprint density at radius 1 is 0.958 bits per heavy atom. The van der Waals surface area contributed by atoms with Gasteiger partial charge >= 0.3 is 5.97 Å². The number of amides is 1. The maximum Gasteiger partial charge on any atom is 0.307 e. The average Bonchev–Trinajstić information content (AvgIpc) is 2.62. The number of hydrogen-bond acceptors (Lipinski definition) is 3. The molecule has 24 heavy (non-hydrogen) atoms. The summed E-state index contributed by atoms with van der Waals surface area (Å²) in [7, 11) is 0. The van der Waals surface area contributed by atoms with E-state index in [0.717, 1.165) is 31.6 Å². The number of carboxylic acids is 1. The van der Waals surface area contributed by atoms with Gasteiger partial charge in [0.05, 0.1) is 11.8 Å². The zero-order valence-corrected chi connectivity index (χ0v) is 14.4. The molecule has 5 nitrogen and oxygen atoms in total. The Balaban J connectivity index is 1.60. The second-order valence-corrected chi connectivity index (χ2v) is 7.06. The molecule has 0 spiro atoms. The van der Waals surface area contributed by atoms with Gasteiger partial charge in [-0.25, -0.2) is 0 Å². The van der Waals surface area contributed by atoms with Gasteiger partial charge in [0.2, 0.25) is 5.91 Å².